The first-order chi connectivity index (χ1) is 19.2. The summed E-state index contributed by atoms with van der Waals surface area (Å²) in [6.45, 7) is 6.98. The van der Waals surface area contributed by atoms with Gasteiger partial charge in [0.15, 0.2) is 0 Å². The Kier molecular flexibility index (Phi) is 8.89. The number of ether oxygens (including phenoxy) is 3. The van der Waals surface area contributed by atoms with Crippen LogP contribution in [0.4, 0.5) is 0 Å². The summed E-state index contributed by atoms with van der Waals surface area (Å²) >= 11 is 0. The van der Waals surface area contributed by atoms with Gasteiger partial charge >= 0.3 is 11.9 Å². The molecule has 0 spiro atoms. The Morgan fingerprint density at radius 2 is 1.40 bits per heavy atom. The number of hydrogen-bond donors (Lipinski definition) is 0. The molecule has 8 heteroatoms. The third-order valence-corrected chi connectivity index (χ3v) is 6.18. The van der Waals surface area contributed by atoms with E-state index in [2.05, 4.69) is 0 Å². The third kappa shape index (κ3) is 6.51. The number of rotatable bonds is 10. The molecule has 4 rings (SSSR count). The number of esters is 2. The second-order valence-electron chi connectivity index (χ2n) is 10.3. The lowest BCUT2D eigenvalue weighted by Gasteiger charge is -2.19. The summed E-state index contributed by atoms with van der Waals surface area (Å²) in [5.74, 6) is -0.241. The van der Waals surface area contributed by atoms with Crippen molar-refractivity contribution in [3.05, 3.63) is 106 Å². The number of benzene rings is 3. The van der Waals surface area contributed by atoms with Crippen LogP contribution >= 0.6 is 0 Å². The van der Waals surface area contributed by atoms with E-state index in [1.807, 2.05) is 43.3 Å². The maximum atomic E-state index is 13.8. The van der Waals surface area contributed by atoms with Crippen LogP contribution in [-0.4, -0.2) is 28.1 Å². The van der Waals surface area contributed by atoms with E-state index >= 15 is 0 Å². The van der Waals surface area contributed by atoms with Gasteiger partial charge in [-0.05, 0) is 82.1 Å². The fourth-order valence-corrected chi connectivity index (χ4v) is 4.03. The Hall–Kier alpha value is -4.59. The summed E-state index contributed by atoms with van der Waals surface area (Å²) in [4.78, 5) is 38.7. The highest BCUT2D eigenvalue weighted by Gasteiger charge is 2.26. The average Bonchev–Trinajstić information content (AvgIpc) is 3.23. The fraction of sp³-hybridized carbons (Fsp3) is 0.281. The molecule has 0 N–H and O–H groups in total. The van der Waals surface area contributed by atoms with Crippen molar-refractivity contribution < 1.29 is 23.8 Å². The molecule has 0 aliphatic heterocycles. The van der Waals surface area contributed by atoms with Crippen LogP contribution < -0.4 is 15.0 Å². The van der Waals surface area contributed by atoms with Crippen LogP contribution in [0, 0.1) is 5.41 Å². The first kappa shape index (κ1) is 28.4. The zero-order valence-electron chi connectivity index (χ0n) is 23.3. The fourth-order valence-electron chi connectivity index (χ4n) is 4.03. The van der Waals surface area contributed by atoms with Gasteiger partial charge in [-0.1, -0.05) is 49.7 Å². The minimum Gasteiger partial charge on any atom is -0.440 e. The largest absolute Gasteiger partial charge is 0.440 e. The van der Waals surface area contributed by atoms with E-state index in [0.717, 1.165) is 12.8 Å². The van der Waals surface area contributed by atoms with Crippen molar-refractivity contribution in [3.8, 4) is 23.0 Å². The van der Waals surface area contributed by atoms with Gasteiger partial charge in [-0.3, -0.25) is 9.59 Å². The minimum absolute atomic E-state index is 0.226. The number of para-hydroxylation sites is 1. The summed E-state index contributed by atoms with van der Waals surface area (Å²) in [6, 6.07) is 24.8. The summed E-state index contributed by atoms with van der Waals surface area (Å²) in [7, 11) is 0. The Balaban J connectivity index is 1.75. The highest BCUT2D eigenvalue weighted by molar-refractivity contribution is 5.91. The van der Waals surface area contributed by atoms with Gasteiger partial charge in [-0.25, -0.2) is 14.2 Å². The van der Waals surface area contributed by atoms with Crippen LogP contribution in [0.2, 0.25) is 0 Å². The highest BCUT2D eigenvalue weighted by atomic mass is 16.7. The molecule has 3 aromatic carbocycles. The van der Waals surface area contributed by atoms with E-state index < -0.39 is 17.4 Å². The summed E-state index contributed by atoms with van der Waals surface area (Å²) in [5, 5.41) is 0. The molecule has 0 atom stereocenters. The zero-order valence-corrected chi connectivity index (χ0v) is 23.3. The van der Waals surface area contributed by atoms with Gasteiger partial charge in [0.05, 0.1) is 27.9 Å². The first-order valence-electron chi connectivity index (χ1n) is 13.3. The Bertz CT molecular complexity index is 1500. The number of aromatic nitrogens is 2. The molecule has 0 aliphatic carbocycles. The Morgan fingerprint density at radius 1 is 0.800 bits per heavy atom. The molecule has 8 nitrogen and oxygen atoms in total. The van der Waals surface area contributed by atoms with Gasteiger partial charge in [-0.15, -0.1) is 0 Å². The third-order valence-electron chi connectivity index (χ3n) is 6.18. The second kappa shape index (κ2) is 12.5. The quantitative estimate of drug-likeness (QED) is 0.136. The Labute approximate surface area is 233 Å². The van der Waals surface area contributed by atoms with Crippen molar-refractivity contribution in [2.24, 2.45) is 5.41 Å². The number of unbranched alkanes of at least 4 members (excludes halogenated alkanes) is 1. The van der Waals surface area contributed by atoms with Gasteiger partial charge < -0.3 is 14.2 Å². The molecule has 0 aliphatic rings. The van der Waals surface area contributed by atoms with Gasteiger partial charge in [0.2, 0.25) is 12.7 Å². The van der Waals surface area contributed by atoms with Gasteiger partial charge in [0.1, 0.15) is 5.75 Å². The lowest BCUT2D eigenvalue weighted by atomic mass is 9.98. The van der Waals surface area contributed by atoms with E-state index in [1.165, 1.54) is 4.68 Å². The van der Waals surface area contributed by atoms with Crippen molar-refractivity contribution in [2.45, 2.75) is 47.0 Å². The second-order valence-corrected chi connectivity index (χ2v) is 10.3. The SMILES string of the molecule is CCCCc1c(OCOC(=O)C(C)(C)C)n(-c2ccc(OC(=O)c3ccccc3)cc2)n(-c2ccccc2)c1=O. The van der Waals surface area contributed by atoms with E-state index in [9.17, 15) is 14.4 Å². The van der Waals surface area contributed by atoms with Crippen LogP contribution in [-0.2, 0) is 16.0 Å². The molecule has 208 valence electrons. The molecule has 0 bridgehead atoms. The van der Waals surface area contributed by atoms with Crippen LogP contribution in [0.5, 0.6) is 11.6 Å². The van der Waals surface area contributed by atoms with E-state index in [1.54, 1.807) is 74.0 Å². The van der Waals surface area contributed by atoms with E-state index in [-0.39, 0.29) is 18.2 Å². The van der Waals surface area contributed by atoms with Crippen molar-refractivity contribution in [3.63, 3.8) is 0 Å². The van der Waals surface area contributed by atoms with Crippen LogP contribution in [0.25, 0.3) is 11.4 Å². The first-order valence-corrected chi connectivity index (χ1v) is 13.3. The molecule has 0 amide bonds. The number of hydrogen-bond acceptors (Lipinski definition) is 6. The van der Waals surface area contributed by atoms with Gasteiger partial charge in [0.25, 0.3) is 5.56 Å². The molecule has 1 aromatic heterocycles. The monoisotopic (exact) mass is 542 g/mol. The van der Waals surface area contributed by atoms with Crippen molar-refractivity contribution in [1.82, 2.24) is 9.36 Å². The predicted octanol–water partition coefficient (Wildman–Crippen LogP) is 6.12. The van der Waals surface area contributed by atoms with Crippen molar-refractivity contribution in [2.75, 3.05) is 6.79 Å². The molecular formula is C32H34N2O6. The summed E-state index contributed by atoms with van der Waals surface area (Å²) in [5.41, 5.74) is 1.24. The lowest BCUT2D eigenvalue weighted by molar-refractivity contribution is -0.159. The molecule has 0 saturated heterocycles. The van der Waals surface area contributed by atoms with Crippen molar-refractivity contribution >= 4 is 11.9 Å². The van der Waals surface area contributed by atoms with Crippen molar-refractivity contribution in [1.29, 1.82) is 0 Å². The maximum absolute atomic E-state index is 13.8. The number of carbonyl (C=O) groups is 2. The minimum atomic E-state index is -0.697. The number of nitrogens with zero attached hydrogens (tertiary/aromatic N) is 2. The standard InChI is InChI=1S/C32H34N2O6/c1-5-6-17-27-28(35)33(24-15-11-8-12-16-24)34(29(27)38-22-39-31(37)32(2,3)4)25-18-20-26(21-19-25)40-30(36)23-13-9-7-10-14-23/h7-16,18-21H,5-6,17,22H2,1-4H3. The number of carbonyl (C=O) groups excluding carboxylic acids is 2. The molecule has 4 aromatic rings. The van der Waals surface area contributed by atoms with Gasteiger partial charge in [0, 0.05) is 0 Å². The smallest absolute Gasteiger partial charge is 0.343 e. The van der Waals surface area contributed by atoms with Crippen LogP contribution in [0.1, 0.15) is 56.5 Å². The van der Waals surface area contributed by atoms with Crippen LogP contribution in [0.3, 0.4) is 0 Å². The van der Waals surface area contributed by atoms with Gasteiger partial charge in [-0.2, -0.15) is 0 Å². The molecule has 1 heterocycles. The lowest BCUT2D eigenvalue weighted by Crippen LogP contribution is -2.25. The molecule has 0 fully saturated rings. The molecular weight excluding hydrogens is 508 g/mol. The van der Waals surface area contributed by atoms with Crippen LogP contribution in [0.15, 0.2) is 89.7 Å². The summed E-state index contributed by atoms with van der Waals surface area (Å²) in [6.07, 6.45) is 2.15. The predicted molar refractivity (Wildman–Crippen MR) is 152 cm³/mol. The van der Waals surface area contributed by atoms with E-state index in [4.69, 9.17) is 14.2 Å². The summed E-state index contributed by atoms with van der Waals surface area (Å²) < 4.78 is 20.1. The Morgan fingerprint density at radius 3 is 2.00 bits per heavy atom. The van der Waals surface area contributed by atoms with E-state index in [0.29, 0.717) is 34.7 Å². The average molecular weight is 543 g/mol. The highest BCUT2D eigenvalue weighted by Crippen LogP contribution is 2.28. The molecule has 0 unspecified atom stereocenters. The molecule has 0 saturated carbocycles. The maximum Gasteiger partial charge on any atom is 0.343 e. The topological polar surface area (TPSA) is 88.8 Å². The zero-order chi connectivity index (χ0) is 28.7. The normalized spacial score (nSPS) is 11.2. The molecule has 0 radical (unpaired) electrons. The molecule has 40 heavy (non-hydrogen) atoms.